The summed E-state index contributed by atoms with van der Waals surface area (Å²) < 4.78 is 32.0. The van der Waals surface area contributed by atoms with Crippen LogP contribution in [0.2, 0.25) is 0 Å². The van der Waals surface area contributed by atoms with Crippen molar-refractivity contribution >= 4 is 10.0 Å². The summed E-state index contributed by atoms with van der Waals surface area (Å²) in [5.41, 5.74) is 6.69. The molecule has 1 aromatic carbocycles. The number of nitrogens with two attached hydrogens (primary N) is 1. The minimum Gasteiger partial charge on any atom is -0.497 e. The second-order valence-electron chi connectivity index (χ2n) is 4.13. The van der Waals surface area contributed by atoms with Crippen LogP contribution in [0.5, 0.6) is 5.75 Å². The van der Waals surface area contributed by atoms with Gasteiger partial charge in [0.15, 0.2) is 0 Å². The van der Waals surface area contributed by atoms with Crippen molar-refractivity contribution in [2.45, 2.75) is 25.2 Å². The zero-order valence-electron chi connectivity index (χ0n) is 11.0. The zero-order chi connectivity index (χ0) is 13.8. The molecular formula is C12H20N2O3S. The molecule has 102 valence electrons. The number of benzene rings is 1. The summed E-state index contributed by atoms with van der Waals surface area (Å²) in [6, 6.07) is 3.43. The van der Waals surface area contributed by atoms with Crippen molar-refractivity contribution in [3.05, 3.63) is 23.3 Å². The smallest absolute Gasteiger partial charge is 0.241 e. The molecule has 0 saturated carbocycles. The Kier molecular flexibility index (Phi) is 5.13. The fraction of sp³-hybridized carbons (Fsp3) is 0.500. The number of hydrogen-bond donors (Lipinski definition) is 2. The first-order chi connectivity index (χ1) is 8.42. The van der Waals surface area contributed by atoms with Crippen molar-refractivity contribution in [2.24, 2.45) is 5.73 Å². The highest BCUT2D eigenvalue weighted by Crippen LogP contribution is 2.25. The minimum absolute atomic E-state index is 0.320. The molecule has 18 heavy (non-hydrogen) atoms. The predicted octanol–water partition coefficient (Wildman–Crippen LogP) is 0.939. The van der Waals surface area contributed by atoms with Gasteiger partial charge in [-0.25, -0.2) is 13.1 Å². The van der Waals surface area contributed by atoms with Crippen LogP contribution in [0.25, 0.3) is 0 Å². The third-order valence-corrected chi connectivity index (χ3v) is 4.38. The third-order valence-electron chi connectivity index (χ3n) is 2.61. The molecule has 0 saturated heterocycles. The molecule has 0 bridgehead atoms. The summed E-state index contributed by atoms with van der Waals surface area (Å²) in [4.78, 5) is 0.320. The molecule has 0 unspecified atom stereocenters. The molecule has 0 spiro atoms. The van der Waals surface area contributed by atoms with Gasteiger partial charge in [-0.3, -0.25) is 0 Å². The van der Waals surface area contributed by atoms with Crippen molar-refractivity contribution < 1.29 is 13.2 Å². The summed E-state index contributed by atoms with van der Waals surface area (Å²) in [5.74, 6) is 0.658. The van der Waals surface area contributed by atoms with Gasteiger partial charge >= 0.3 is 0 Å². The number of rotatable bonds is 6. The molecule has 0 aliphatic heterocycles. The highest BCUT2D eigenvalue weighted by Gasteiger charge is 2.19. The van der Waals surface area contributed by atoms with Crippen LogP contribution in [0.1, 0.15) is 17.5 Å². The maximum absolute atomic E-state index is 12.2. The summed E-state index contributed by atoms with van der Waals surface area (Å²) >= 11 is 0. The van der Waals surface area contributed by atoms with Crippen molar-refractivity contribution in [1.82, 2.24) is 4.72 Å². The molecule has 1 rings (SSSR count). The number of methoxy groups -OCH3 is 1. The first-order valence-corrected chi connectivity index (χ1v) is 7.25. The second kappa shape index (κ2) is 6.17. The molecule has 5 nitrogen and oxygen atoms in total. The Morgan fingerprint density at radius 1 is 1.28 bits per heavy atom. The molecule has 0 amide bonds. The highest BCUT2D eigenvalue weighted by molar-refractivity contribution is 7.89. The summed E-state index contributed by atoms with van der Waals surface area (Å²) in [7, 11) is -1.92. The van der Waals surface area contributed by atoms with Crippen LogP contribution in [-0.2, 0) is 10.0 Å². The lowest BCUT2D eigenvalue weighted by atomic mass is 10.1. The van der Waals surface area contributed by atoms with Crippen LogP contribution in [0.4, 0.5) is 0 Å². The summed E-state index contributed by atoms with van der Waals surface area (Å²) in [5, 5.41) is 0. The average molecular weight is 272 g/mol. The van der Waals surface area contributed by atoms with Crippen molar-refractivity contribution in [3.8, 4) is 5.75 Å². The Morgan fingerprint density at radius 3 is 2.28 bits per heavy atom. The number of ether oxygens (including phenoxy) is 1. The van der Waals surface area contributed by atoms with Crippen LogP contribution in [-0.4, -0.2) is 28.6 Å². The third kappa shape index (κ3) is 3.44. The van der Waals surface area contributed by atoms with Gasteiger partial charge in [-0.2, -0.15) is 0 Å². The number of aryl methyl sites for hydroxylation is 2. The number of nitrogens with one attached hydrogen (secondary N) is 1. The van der Waals surface area contributed by atoms with E-state index in [0.717, 1.165) is 0 Å². The van der Waals surface area contributed by atoms with Gasteiger partial charge < -0.3 is 10.5 Å². The Morgan fingerprint density at radius 2 is 1.83 bits per heavy atom. The molecule has 3 N–H and O–H groups in total. The van der Waals surface area contributed by atoms with Crippen molar-refractivity contribution in [3.63, 3.8) is 0 Å². The maximum atomic E-state index is 12.2. The predicted molar refractivity (Wildman–Crippen MR) is 71.3 cm³/mol. The van der Waals surface area contributed by atoms with Gasteiger partial charge in [-0.1, -0.05) is 0 Å². The van der Waals surface area contributed by atoms with Crippen LogP contribution < -0.4 is 15.2 Å². The lowest BCUT2D eigenvalue weighted by Gasteiger charge is -2.13. The molecule has 0 heterocycles. The normalized spacial score (nSPS) is 11.6. The number of sulfonamides is 1. The number of hydrogen-bond acceptors (Lipinski definition) is 4. The standard InChI is InChI=1S/C12H20N2O3S/c1-9-7-11(17-3)8-10(2)12(9)18(15,16)14-6-4-5-13/h7-8,14H,4-6,13H2,1-3H3. The second-order valence-corrected chi connectivity index (χ2v) is 5.83. The molecule has 1 aromatic rings. The van der Waals surface area contributed by atoms with Crippen LogP contribution in [0.15, 0.2) is 17.0 Å². The van der Waals surface area contributed by atoms with Gasteiger partial charge in [0.2, 0.25) is 10.0 Å². The van der Waals surface area contributed by atoms with E-state index in [0.29, 0.717) is 41.3 Å². The molecule has 6 heteroatoms. The zero-order valence-corrected chi connectivity index (χ0v) is 11.8. The molecule has 0 aromatic heterocycles. The summed E-state index contributed by atoms with van der Waals surface area (Å²) in [6.45, 7) is 4.33. The fourth-order valence-corrected chi connectivity index (χ4v) is 3.36. The van der Waals surface area contributed by atoms with E-state index in [2.05, 4.69) is 4.72 Å². The largest absolute Gasteiger partial charge is 0.497 e. The van der Waals surface area contributed by atoms with E-state index < -0.39 is 10.0 Å². The first kappa shape index (κ1) is 14.9. The van der Waals surface area contributed by atoms with Gasteiger partial charge in [0.1, 0.15) is 5.75 Å². The average Bonchev–Trinajstić information content (AvgIpc) is 2.27. The van der Waals surface area contributed by atoms with Crippen LogP contribution >= 0.6 is 0 Å². The maximum Gasteiger partial charge on any atom is 0.241 e. The van der Waals surface area contributed by atoms with Gasteiger partial charge in [-0.15, -0.1) is 0 Å². The Hall–Kier alpha value is -1.11. The van der Waals surface area contributed by atoms with Gasteiger partial charge in [0.25, 0.3) is 0 Å². The summed E-state index contributed by atoms with van der Waals surface area (Å²) in [6.07, 6.45) is 0.619. The van der Waals surface area contributed by atoms with Gasteiger partial charge in [-0.05, 0) is 50.1 Å². The minimum atomic E-state index is -3.48. The highest BCUT2D eigenvalue weighted by atomic mass is 32.2. The monoisotopic (exact) mass is 272 g/mol. The van der Waals surface area contributed by atoms with E-state index in [4.69, 9.17) is 10.5 Å². The van der Waals surface area contributed by atoms with E-state index in [1.54, 1.807) is 33.1 Å². The fourth-order valence-electron chi connectivity index (χ4n) is 1.83. The molecular weight excluding hydrogens is 252 g/mol. The molecule has 0 atom stereocenters. The lowest BCUT2D eigenvalue weighted by molar-refractivity contribution is 0.413. The SMILES string of the molecule is COc1cc(C)c(S(=O)(=O)NCCCN)c(C)c1. The van der Waals surface area contributed by atoms with Crippen LogP contribution in [0.3, 0.4) is 0 Å². The van der Waals surface area contributed by atoms with Crippen molar-refractivity contribution in [1.29, 1.82) is 0 Å². The van der Waals surface area contributed by atoms with Gasteiger partial charge in [0, 0.05) is 6.54 Å². The Labute approximate surface area is 108 Å². The van der Waals surface area contributed by atoms with Crippen LogP contribution in [0, 0.1) is 13.8 Å². The molecule has 0 aliphatic carbocycles. The van der Waals surface area contributed by atoms with E-state index in [1.807, 2.05) is 0 Å². The first-order valence-electron chi connectivity index (χ1n) is 5.77. The molecule has 0 fully saturated rings. The van der Waals surface area contributed by atoms with Crippen molar-refractivity contribution in [2.75, 3.05) is 20.2 Å². The van der Waals surface area contributed by atoms with E-state index in [9.17, 15) is 8.42 Å². The van der Waals surface area contributed by atoms with E-state index in [-0.39, 0.29) is 0 Å². The Bertz CT molecular complexity index is 489. The molecule has 0 radical (unpaired) electrons. The van der Waals surface area contributed by atoms with E-state index >= 15 is 0 Å². The van der Waals surface area contributed by atoms with Gasteiger partial charge in [0.05, 0.1) is 12.0 Å². The quantitative estimate of drug-likeness (QED) is 0.755. The molecule has 0 aliphatic rings. The topological polar surface area (TPSA) is 81.4 Å². The lowest BCUT2D eigenvalue weighted by Crippen LogP contribution is -2.27. The van der Waals surface area contributed by atoms with E-state index in [1.165, 1.54) is 0 Å². The Balaban J connectivity index is 3.09.